The first-order valence-corrected chi connectivity index (χ1v) is 11.9. The molecule has 0 amide bonds. The van der Waals surface area contributed by atoms with Crippen LogP contribution in [0, 0.1) is 0 Å². The average molecular weight is 498 g/mol. The predicted molar refractivity (Wildman–Crippen MR) is 132 cm³/mol. The molecule has 1 aromatic rings. The van der Waals surface area contributed by atoms with Crippen molar-refractivity contribution < 1.29 is 38.4 Å². The van der Waals surface area contributed by atoms with E-state index in [4.69, 9.17) is 23.7 Å². The number of carbonyl (C=O) groups excluding carboxylic acids is 2. The van der Waals surface area contributed by atoms with E-state index in [0.29, 0.717) is 38.6 Å². The third-order valence-corrected chi connectivity index (χ3v) is 4.55. The highest BCUT2D eigenvalue weighted by Crippen LogP contribution is 2.17. The summed E-state index contributed by atoms with van der Waals surface area (Å²) in [6.45, 7) is 12.1. The van der Waals surface area contributed by atoms with Gasteiger partial charge in [0.25, 0.3) is 0 Å². The van der Waals surface area contributed by atoms with Crippen molar-refractivity contribution >= 4 is 11.9 Å². The Balaban J connectivity index is 2.81. The maximum absolute atomic E-state index is 12.5. The second kappa shape index (κ2) is 15.0. The van der Waals surface area contributed by atoms with Crippen molar-refractivity contribution in [2.24, 2.45) is 0 Å². The summed E-state index contributed by atoms with van der Waals surface area (Å²) in [5.74, 6) is -0.254. The molecule has 0 aromatic heterocycles. The van der Waals surface area contributed by atoms with E-state index in [1.54, 1.807) is 53.6 Å². The molecule has 9 heteroatoms. The van der Waals surface area contributed by atoms with Gasteiger partial charge >= 0.3 is 11.9 Å². The molecule has 1 rings (SSSR count). The summed E-state index contributed by atoms with van der Waals surface area (Å²) in [7, 11) is 1.62. The molecule has 0 spiro atoms. The van der Waals surface area contributed by atoms with Crippen LogP contribution in [-0.2, 0) is 35.0 Å². The monoisotopic (exact) mass is 497 g/mol. The van der Waals surface area contributed by atoms with Gasteiger partial charge in [-0.25, -0.2) is 0 Å². The van der Waals surface area contributed by atoms with Crippen LogP contribution in [0.4, 0.5) is 0 Å². The van der Waals surface area contributed by atoms with Gasteiger partial charge < -0.3 is 28.8 Å². The van der Waals surface area contributed by atoms with Gasteiger partial charge in [0.1, 0.15) is 23.6 Å². The Morgan fingerprint density at radius 3 is 1.83 bits per heavy atom. The van der Waals surface area contributed by atoms with E-state index in [0.717, 1.165) is 5.56 Å². The molecule has 0 aliphatic rings. The Kier molecular flexibility index (Phi) is 13.2. The first kappa shape index (κ1) is 30.8. The largest absolute Gasteiger partial charge is 0.491 e. The molecular formula is C26H43NO8. The molecule has 1 unspecified atom stereocenters. The second-order valence-corrected chi connectivity index (χ2v) is 10.2. The van der Waals surface area contributed by atoms with Crippen LogP contribution in [0.15, 0.2) is 24.3 Å². The highest BCUT2D eigenvalue weighted by molar-refractivity contribution is 5.75. The van der Waals surface area contributed by atoms with Crippen molar-refractivity contribution in [1.82, 2.24) is 4.90 Å². The summed E-state index contributed by atoms with van der Waals surface area (Å²) in [5, 5.41) is 10.1. The van der Waals surface area contributed by atoms with Gasteiger partial charge in [-0.2, -0.15) is 0 Å². The fourth-order valence-corrected chi connectivity index (χ4v) is 3.16. The minimum absolute atomic E-state index is 0.147. The van der Waals surface area contributed by atoms with E-state index in [-0.39, 0.29) is 19.7 Å². The smallest absolute Gasteiger partial charge is 0.320 e. The molecule has 0 saturated carbocycles. The Morgan fingerprint density at radius 2 is 1.37 bits per heavy atom. The number of hydrogen-bond acceptors (Lipinski definition) is 9. The fourth-order valence-electron chi connectivity index (χ4n) is 3.16. The van der Waals surface area contributed by atoms with Crippen LogP contribution in [-0.4, -0.2) is 92.4 Å². The first-order chi connectivity index (χ1) is 16.3. The molecule has 1 atom stereocenters. The molecular weight excluding hydrogens is 454 g/mol. The number of ether oxygens (including phenoxy) is 5. The van der Waals surface area contributed by atoms with Gasteiger partial charge in [-0.1, -0.05) is 12.1 Å². The molecule has 0 fully saturated rings. The lowest BCUT2D eigenvalue weighted by atomic mass is 10.0. The number of aliphatic hydroxyl groups is 1. The Morgan fingerprint density at radius 1 is 0.857 bits per heavy atom. The van der Waals surface area contributed by atoms with E-state index in [9.17, 15) is 14.7 Å². The van der Waals surface area contributed by atoms with Crippen LogP contribution in [0.5, 0.6) is 5.75 Å². The van der Waals surface area contributed by atoms with Gasteiger partial charge in [-0.05, 0) is 65.7 Å². The lowest BCUT2D eigenvalue weighted by Crippen LogP contribution is -2.47. The zero-order valence-electron chi connectivity index (χ0n) is 22.3. The molecule has 35 heavy (non-hydrogen) atoms. The zero-order valence-corrected chi connectivity index (χ0v) is 22.3. The number of hydrogen-bond donors (Lipinski definition) is 1. The van der Waals surface area contributed by atoms with Crippen LogP contribution < -0.4 is 4.74 Å². The van der Waals surface area contributed by atoms with Crippen molar-refractivity contribution in [3.05, 3.63) is 29.8 Å². The molecule has 0 aliphatic heterocycles. The molecule has 1 N–H and O–H groups in total. The Bertz CT molecular complexity index is 722. The number of benzene rings is 1. The average Bonchev–Trinajstić information content (AvgIpc) is 2.72. The molecule has 0 aliphatic carbocycles. The van der Waals surface area contributed by atoms with Crippen molar-refractivity contribution in [3.8, 4) is 5.75 Å². The van der Waals surface area contributed by atoms with E-state index < -0.39 is 29.2 Å². The fraction of sp³-hybridized carbons (Fsp3) is 0.692. The molecule has 0 saturated heterocycles. The summed E-state index contributed by atoms with van der Waals surface area (Å²) in [5.41, 5.74) is -0.395. The number of esters is 2. The Hall–Kier alpha value is -2.20. The normalized spacial score (nSPS) is 12.9. The maximum atomic E-state index is 12.5. The SMILES string of the molecule is COCCOCCOc1ccc(CC(CO)N(CC(=O)OC(C)(C)C)CC(=O)OC(C)(C)C)cc1. The number of methoxy groups -OCH3 is 1. The van der Waals surface area contributed by atoms with E-state index in [1.165, 1.54) is 0 Å². The summed E-state index contributed by atoms with van der Waals surface area (Å²) in [6.07, 6.45) is 0.419. The first-order valence-electron chi connectivity index (χ1n) is 11.9. The highest BCUT2D eigenvalue weighted by atomic mass is 16.6. The van der Waals surface area contributed by atoms with Crippen molar-refractivity contribution in [3.63, 3.8) is 0 Å². The van der Waals surface area contributed by atoms with Crippen LogP contribution in [0.1, 0.15) is 47.1 Å². The van der Waals surface area contributed by atoms with Crippen molar-refractivity contribution in [2.45, 2.75) is 65.2 Å². The van der Waals surface area contributed by atoms with Gasteiger partial charge in [-0.3, -0.25) is 14.5 Å². The quantitative estimate of drug-likeness (QED) is 0.289. The van der Waals surface area contributed by atoms with Crippen molar-refractivity contribution in [2.75, 3.05) is 53.2 Å². The molecule has 200 valence electrons. The third-order valence-electron chi connectivity index (χ3n) is 4.55. The van der Waals surface area contributed by atoms with E-state index >= 15 is 0 Å². The molecule has 0 heterocycles. The van der Waals surface area contributed by atoms with Crippen LogP contribution in [0.25, 0.3) is 0 Å². The van der Waals surface area contributed by atoms with Crippen LogP contribution >= 0.6 is 0 Å². The third kappa shape index (κ3) is 14.7. The molecule has 9 nitrogen and oxygen atoms in total. The maximum Gasteiger partial charge on any atom is 0.320 e. The van der Waals surface area contributed by atoms with Gasteiger partial charge in [0.15, 0.2) is 0 Å². The summed E-state index contributed by atoms with van der Waals surface area (Å²) in [6, 6.07) is 6.97. The number of aliphatic hydroxyl groups excluding tert-OH is 1. The molecule has 1 aromatic carbocycles. The molecule has 0 radical (unpaired) electrons. The molecule has 0 bridgehead atoms. The lowest BCUT2D eigenvalue weighted by molar-refractivity contribution is -0.161. The van der Waals surface area contributed by atoms with Gasteiger partial charge in [-0.15, -0.1) is 0 Å². The number of nitrogens with zero attached hydrogens (tertiary/aromatic N) is 1. The minimum atomic E-state index is -0.659. The van der Waals surface area contributed by atoms with Gasteiger partial charge in [0, 0.05) is 13.2 Å². The highest BCUT2D eigenvalue weighted by Gasteiger charge is 2.28. The topological polar surface area (TPSA) is 104 Å². The number of carbonyl (C=O) groups is 2. The standard InChI is InChI=1S/C26H43NO8/c1-25(2,3)34-23(29)17-27(18-24(30)35-26(4,5)6)21(19-28)16-20-8-10-22(11-9-20)33-15-14-32-13-12-31-7/h8-11,21,28H,12-19H2,1-7H3. The zero-order chi connectivity index (χ0) is 26.5. The minimum Gasteiger partial charge on any atom is -0.491 e. The lowest BCUT2D eigenvalue weighted by Gasteiger charge is -2.31. The van der Waals surface area contributed by atoms with E-state index in [1.807, 2.05) is 24.3 Å². The second-order valence-electron chi connectivity index (χ2n) is 10.2. The number of rotatable bonds is 15. The predicted octanol–water partition coefficient (Wildman–Crippen LogP) is 2.62. The summed E-state index contributed by atoms with van der Waals surface area (Å²) < 4.78 is 26.8. The van der Waals surface area contributed by atoms with Crippen molar-refractivity contribution in [1.29, 1.82) is 0 Å². The van der Waals surface area contributed by atoms with E-state index in [2.05, 4.69) is 0 Å². The van der Waals surface area contributed by atoms with Gasteiger partial charge in [0.2, 0.25) is 0 Å². The Labute approximate surface area is 209 Å². The van der Waals surface area contributed by atoms with Crippen LogP contribution in [0.2, 0.25) is 0 Å². The summed E-state index contributed by atoms with van der Waals surface area (Å²) in [4.78, 5) is 26.6. The summed E-state index contributed by atoms with van der Waals surface area (Å²) >= 11 is 0. The van der Waals surface area contributed by atoms with Gasteiger partial charge in [0.05, 0.1) is 39.5 Å². The van der Waals surface area contributed by atoms with Crippen LogP contribution in [0.3, 0.4) is 0 Å².